The van der Waals surface area contributed by atoms with Crippen LogP contribution in [0.5, 0.6) is 0 Å². The van der Waals surface area contributed by atoms with E-state index in [0.29, 0.717) is 5.82 Å². The maximum absolute atomic E-state index is 6.22. The molecule has 1 unspecified atom stereocenters. The molecule has 0 radical (unpaired) electrons. The molecule has 2 heterocycles. The smallest absolute Gasteiger partial charge is 0.124 e. The number of nitrogens with one attached hydrogen (secondary N) is 2. The molecule has 0 aliphatic heterocycles. The molecule has 0 fully saturated rings. The van der Waals surface area contributed by atoms with Crippen molar-refractivity contribution in [1.29, 1.82) is 0 Å². The van der Waals surface area contributed by atoms with Gasteiger partial charge in [-0.1, -0.05) is 69.0 Å². The average molecular weight is 383 g/mol. The first-order valence-corrected chi connectivity index (χ1v) is 9.96. The predicted molar refractivity (Wildman–Crippen MR) is 124 cm³/mol. The van der Waals surface area contributed by atoms with Gasteiger partial charge < -0.3 is 16.0 Å². The third-order valence-electron chi connectivity index (χ3n) is 5.36. The molecule has 4 heteroatoms. The summed E-state index contributed by atoms with van der Waals surface area (Å²) < 4.78 is 0. The van der Waals surface area contributed by atoms with Crippen LogP contribution in [0.1, 0.15) is 37.4 Å². The lowest BCUT2D eigenvalue weighted by molar-refractivity contribution is 0.712. The van der Waals surface area contributed by atoms with Crippen LogP contribution in [-0.4, -0.2) is 9.97 Å². The molecule has 0 aliphatic carbocycles. The summed E-state index contributed by atoms with van der Waals surface area (Å²) >= 11 is 0. The van der Waals surface area contributed by atoms with Crippen molar-refractivity contribution in [2.24, 2.45) is 0 Å². The molecular formula is C25H26N4. The zero-order chi connectivity index (χ0) is 20.4. The Bertz CT molecular complexity index is 1130. The monoisotopic (exact) mass is 382 g/mol. The molecule has 1 atom stereocenters. The quantitative estimate of drug-likeness (QED) is 0.361. The number of hydrogen-bond acceptors (Lipinski definition) is 3. The highest BCUT2D eigenvalue weighted by Crippen LogP contribution is 2.38. The lowest BCUT2D eigenvalue weighted by Gasteiger charge is -2.21. The van der Waals surface area contributed by atoms with E-state index in [0.717, 1.165) is 51.2 Å². The topological polar surface area (TPSA) is 66.7 Å². The predicted octanol–water partition coefficient (Wildman–Crippen LogP) is 6.41. The van der Waals surface area contributed by atoms with Crippen molar-refractivity contribution in [3.8, 4) is 11.3 Å². The number of anilines is 2. The Hall–Kier alpha value is -3.53. The van der Waals surface area contributed by atoms with Crippen LogP contribution in [0.15, 0.2) is 73.3 Å². The molecule has 4 aromatic rings. The molecular weight excluding hydrogens is 356 g/mol. The van der Waals surface area contributed by atoms with E-state index in [2.05, 4.69) is 48.9 Å². The molecule has 146 valence electrons. The Morgan fingerprint density at radius 2 is 1.83 bits per heavy atom. The third-order valence-corrected chi connectivity index (χ3v) is 5.36. The van der Waals surface area contributed by atoms with Crippen LogP contribution in [0.2, 0.25) is 0 Å². The van der Waals surface area contributed by atoms with Crippen molar-refractivity contribution in [2.45, 2.75) is 26.2 Å². The van der Waals surface area contributed by atoms with Crippen LogP contribution < -0.4 is 11.1 Å². The highest BCUT2D eigenvalue weighted by molar-refractivity contribution is 5.92. The van der Waals surface area contributed by atoms with Gasteiger partial charge in [0.2, 0.25) is 0 Å². The van der Waals surface area contributed by atoms with Crippen molar-refractivity contribution in [3.63, 3.8) is 0 Å². The molecule has 2 aromatic carbocycles. The number of H-pyrrole nitrogens is 1. The van der Waals surface area contributed by atoms with E-state index in [1.54, 1.807) is 0 Å². The van der Waals surface area contributed by atoms with Gasteiger partial charge in [-0.15, -0.1) is 0 Å². The third kappa shape index (κ3) is 3.74. The fourth-order valence-corrected chi connectivity index (χ4v) is 3.56. The maximum atomic E-state index is 6.22. The van der Waals surface area contributed by atoms with Crippen LogP contribution in [0.25, 0.3) is 27.9 Å². The second-order valence-electron chi connectivity index (χ2n) is 7.40. The van der Waals surface area contributed by atoms with Gasteiger partial charge in [-0.3, -0.25) is 0 Å². The Morgan fingerprint density at radius 1 is 1.10 bits per heavy atom. The average Bonchev–Trinajstić information content (AvgIpc) is 3.18. The molecule has 0 aliphatic rings. The second kappa shape index (κ2) is 7.84. The molecule has 4 nitrogen and oxygen atoms in total. The molecule has 29 heavy (non-hydrogen) atoms. The van der Waals surface area contributed by atoms with Gasteiger partial charge in [-0.05, 0) is 30.2 Å². The molecule has 0 saturated carbocycles. The SMILES string of the molecule is C=C(Nc1c(-c2cc3ccccc3[nH]2)cc(N)nc1C(C)CC)c1ccccc1. The first kappa shape index (κ1) is 18.8. The summed E-state index contributed by atoms with van der Waals surface area (Å²) in [6.45, 7) is 8.60. The van der Waals surface area contributed by atoms with Crippen LogP contribution in [0.3, 0.4) is 0 Å². The van der Waals surface area contributed by atoms with Crippen molar-refractivity contribution >= 4 is 28.1 Å². The number of para-hydroxylation sites is 1. The van der Waals surface area contributed by atoms with Crippen molar-refractivity contribution in [3.05, 3.63) is 84.6 Å². The van der Waals surface area contributed by atoms with E-state index >= 15 is 0 Å². The minimum Gasteiger partial charge on any atom is -0.384 e. The molecule has 2 aromatic heterocycles. The van der Waals surface area contributed by atoms with E-state index in [1.807, 2.05) is 48.5 Å². The second-order valence-corrected chi connectivity index (χ2v) is 7.40. The highest BCUT2D eigenvalue weighted by Gasteiger charge is 2.19. The van der Waals surface area contributed by atoms with E-state index in [4.69, 9.17) is 10.7 Å². The van der Waals surface area contributed by atoms with Gasteiger partial charge in [0.1, 0.15) is 5.82 Å². The first-order valence-electron chi connectivity index (χ1n) is 9.96. The molecule has 0 saturated heterocycles. The minimum absolute atomic E-state index is 0.257. The number of hydrogen-bond donors (Lipinski definition) is 3. The lowest BCUT2D eigenvalue weighted by Crippen LogP contribution is -2.09. The zero-order valence-electron chi connectivity index (χ0n) is 16.9. The number of nitrogen functional groups attached to an aromatic ring is 1. The zero-order valence-corrected chi connectivity index (χ0v) is 16.9. The van der Waals surface area contributed by atoms with Gasteiger partial charge in [-0.25, -0.2) is 4.98 Å². The number of pyridine rings is 1. The Morgan fingerprint density at radius 3 is 2.55 bits per heavy atom. The van der Waals surface area contributed by atoms with Gasteiger partial charge in [0, 0.05) is 33.8 Å². The molecule has 0 bridgehead atoms. The minimum atomic E-state index is 0.257. The van der Waals surface area contributed by atoms with Gasteiger partial charge in [-0.2, -0.15) is 0 Å². The summed E-state index contributed by atoms with van der Waals surface area (Å²) in [4.78, 5) is 8.21. The number of nitrogens with two attached hydrogens (primary N) is 1. The summed E-state index contributed by atoms with van der Waals surface area (Å²) in [6.07, 6.45) is 0.967. The van der Waals surface area contributed by atoms with Crippen LogP contribution in [0, 0.1) is 0 Å². The Balaban J connectivity index is 1.87. The fourth-order valence-electron chi connectivity index (χ4n) is 3.56. The number of nitrogens with zero attached hydrogens (tertiary/aromatic N) is 1. The van der Waals surface area contributed by atoms with Crippen LogP contribution >= 0.6 is 0 Å². The maximum Gasteiger partial charge on any atom is 0.124 e. The van der Waals surface area contributed by atoms with Gasteiger partial charge in [0.05, 0.1) is 11.4 Å². The lowest BCUT2D eigenvalue weighted by atomic mass is 9.98. The van der Waals surface area contributed by atoms with Gasteiger partial charge >= 0.3 is 0 Å². The molecule has 0 amide bonds. The van der Waals surface area contributed by atoms with Gasteiger partial charge in [0.15, 0.2) is 0 Å². The summed E-state index contributed by atoms with van der Waals surface area (Å²) in [5.41, 5.74) is 13.1. The normalized spacial score (nSPS) is 12.1. The number of rotatable bonds is 6. The standard InChI is InChI=1S/C25H26N4/c1-4-16(2)24-25(27-17(3)18-10-6-5-7-11-18)20(15-23(26)29-24)22-14-19-12-8-9-13-21(19)28-22/h5-16,27-28H,3-4H2,1-2H3,(H2,26,29). The summed E-state index contributed by atoms with van der Waals surface area (Å²) in [7, 11) is 0. The molecule has 0 spiro atoms. The fraction of sp³-hybridized carbons (Fsp3) is 0.160. The molecule has 4 rings (SSSR count). The first-order chi connectivity index (χ1) is 14.1. The number of benzene rings is 2. The van der Waals surface area contributed by atoms with Gasteiger partial charge in [0.25, 0.3) is 0 Å². The van der Waals surface area contributed by atoms with Crippen molar-refractivity contribution < 1.29 is 0 Å². The highest BCUT2D eigenvalue weighted by atomic mass is 15.0. The van der Waals surface area contributed by atoms with Crippen LogP contribution in [-0.2, 0) is 0 Å². The summed E-state index contributed by atoms with van der Waals surface area (Å²) in [5, 5.41) is 4.71. The summed E-state index contributed by atoms with van der Waals surface area (Å²) in [6, 6.07) is 22.5. The van der Waals surface area contributed by atoms with Crippen LogP contribution in [0.4, 0.5) is 11.5 Å². The van der Waals surface area contributed by atoms with Crippen molar-refractivity contribution in [1.82, 2.24) is 9.97 Å². The van der Waals surface area contributed by atoms with E-state index in [1.165, 1.54) is 0 Å². The Labute approximate surface area is 171 Å². The summed E-state index contributed by atoms with van der Waals surface area (Å²) in [5.74, 6) is 0.775. The largest absolute Gasteiger partial charge is 0.384 e. The van der Waals surface area contributed by atoms with E-state index < -0.39 is 0 Å². The number of fused-ring (bicyclic) bond motifs is 1. The number of aromatic nitrogens is 2. The molecule has 4 N–H and O–H groups in total. The van der Waals surface area contributed by atoms with E-state index in [9.17, 15) is 0 Å². The Kier molecular flexibility index (Phi) is 5.09. The number of aromatic amines is 1. The van der Waals surface area contributed by atoms with E-state index in [-0.39, 0.29) is 5.92 Å². The van der Waals surface area contributed by atoms with Crippen molar-refractivity contribution in [2.75, 3.05) is 11.1 Å².